The van der Waals surface area contributed by atoms with Crippen molar-refractivity contribution in [3.63, 3.8) is 0 Å². The van der Waals surface area contributed by atoms with Crippen LogP contribution in [0.1, 0.15) is 69.0 Å². The van der Waals surface area contributed by atoms with Gasteiger partial charge in [0.2, 0.25) is 11.8 Å². The predicted octanol–water partition coefficient (Wildman–Crippen LogP) is 1.86. The Bertz CT molecular complexity index is 482. The third-order valence-corrected chi connectivity index (χ3v) is 4.85. The minimum atomic E-state index is -0.204. The number of nitrogens with zero attached hydrogens (tertiary/aromatic N) is 2. The molecule has 2 fully saturated rings. The first-order valence-electron chi connectivity index (χ1n) is 8.09. The molecule has 2 saturated carbocycles. The van der Waals surface area contributed by atoms with Crippen LogP contribution in [0.4, 0.5) is 0 Å². The lowest BCUT2D eigenvalue weighted by molar-refractivity contribution is -0.123. The van der Waals surface area contributed by atoms with Gasteiger partial charge in [0.25, 0.3) is 0 Å². The summed E-state index contributed by atoms with van der Waals surface area (Å²) >= 11 is 0. The van der Waals surface area contributed by atoms with Crippen molar-refractivity contribution in [1.82, 2.24) is 15.5 Å². The largest absolute Gasteiger partial charge is 0.369 e. The summed E-state index contributed by atoms with van der Waals surface area (Å²) in [5.41, 5.74) is 5.48. The van der Waals surface area contributed by atoms with Crippen molar-refractivity contribution in [3.05, 3.63) is 11.7 Å². The van der Waals surface area contributed by atoms with Crippen molar-refractivity contribution in [2.75, 3.05) is 0 Å². The molecule has 2 atom stereocenters. The maximum Gasteiger partial charge on any atom is 0.240 e. The van der Waals surface area contributed by atoms with Crippen LogP contribution in [0.3, 0.4) is 0 Å². The van der Waals surface area contributed by atoms with Crippen LogP contribution in [0.2, 0.25) is 0 Å². The van der Waals surface area contributed by atoms with Gasteiger partial charge in [0, 0.05) is 12.0 Å². The average Bonchev–Trinajstić information content (AvgIpc) is 3.16. The van der Waals surface area contributed by atoms with E-state index in [4.69, 9.17) is 10.3 Å². The Labute approximate surface area is 124 Å². The van der Waals surface area contributed by atoms with Crippen LogP contribution in [-0.4, -0.2) is 22.1 Å². The molecule has 6 heteroatoms. The summed E-state index contributed by atoms with van der Waals surface area (Å²) in [6.45, 7) is 0.522. The van der Waals surface area contributed by atoms with Gasteiger partial charge in [0.1, 0.15) is 0 Å². The van der Waals surface area contributed by atoms with E-state index in [1.54, 1.807) is 0 Å². The first-order chi connectivity index (χ1) is 10.2. The van der Waals surface area contributed by atoms with E-state index in [1.807, 2.05) is 0 Å². The molecular formula is C15H24N4O2. The van der Waals surface area contributed by atoms with Gasteiger partial charge in [-0.15, -0.1) is 0 Å². The van der Waals surface area contributed by atoms with E-state index in [1.165, 1.54) is 25.7 Å². The average molecular weight is 292 g/mol. The molecule has 0 spiro atoms. The fraction of sp³-hybridized carbons (Fsp3) is 0.800. The van der Waals surface area contributed by atoms with Crippen molar-refractivity contribution >= 4 is 5.91 Å². The first kappa shape index (κ1) is 14.5. The molecule has 1 heterocycles. The number of primary amides is 1. The first-order valence-corrected chi connectivity index (χ1v) is 8.09. The maximum atomic E-state index is 11.5. The van der Waals surface area contributed by atoms with Crippen molar-refractivity contribution in [3.8, 4) is 0 Å². The predicted molar refractivity (Wildman–Crippen MR) is 77.3 cm³/mol. The minimum Gasteiger partial charge on any atom is -0.369 e. The van der Waals surface area contributed by atoms with Crippen LogP contribution in [0.5, 0.6) is 0 Å². The van der Waals surface area contributed by atoms with Gasteiger partial charge in [-0.1, -0.05) is 30.8 Å². The van der Waals surface area contributed by atoms with Crippen molar-refractivity contribution < 1.29 is 9.32 Å². The summed E-state index contributed by atoms with van der Waals surface area (Å²) < 4.78 is 5.32. The van der Waals surface area contributed by atoms with E-state index in [0.717, 1.165) is 31.5 Å². The zero-order valence-electron chi connectivity index (χ0n) is 12.4. The van der Waals surface area contributed by atoms with Gasteiger partial charge in [-0.25, -0.2) is 0 Å². The highest BCUT2D eigenvalue weighted by Gasteiger charge is 2.29. The highest BCUT2D eigenvalue weighted by molar-refractivity contribution is 5.77. The number of amides is 1. The molecule has 116 valence electrons. The van der Waals surface area contributed by atoms with Crippen molar-refractivity contribution in [2.24, 2.45) is 11.7 Å². The molecule has 1 amide bonds. The van der Waals surface area contributed by atoms with Gasteiger partial charge in [0.15, 0.2) is 5.82 Å². The van der Waals surface area contributed by atoms with Crippen LogP contribution >= 0.6 is 0 Å². The molecule has 0 unspecified atom stereocenters. The second-order valence-corrected chi connectivity index (χ2v) is 6.31. The lowest BCUT2D eigenvalue weighted by Crippen LogP contribution is -2.44. The molecule has 0 aliphatic heterocycles. The molecule has 2 aliphatic rings. The summed E-state index contributed by atoms with van der Waals surface area (Å²) in [5, 5.41) is 7.47. The van der Waals surface area contributed by atoms with Gasteiger partial charge in [-0.3, -0.25) is 4.79 Å². The normalized spacial score (nSPS) is 27.0. The zero-order valence-corrected chi connectivity index (χ0v) is 12.4. The van der Waals surface area contributed by atoms with Crippen LogP contribution in [0.15, 0.2) is 4.52 Å². The Morgan fingerprint density at radius 3 is 2.67 bits per heavy atom. The molecule has 0 bridgehead atoms. The number of hydrogen-bond donors (Lipinski definition) is 2. The zero-order chi connectivity index (χ0) is 14.7. The third kappa shape index (κ3) is 3.43. The second kappa shape index (κ2) is 6.56. The Kier molecular flexibility index (Phi) is 4.53. The molecule has 1 aromatic rings. The molecule has 2 aliphatic carbocycles. The van der Waals surface area contributed by atoms with Gasteiger partial charge in [0.05, 0.1) is 12.5 Å². The van der Waals surface area contributed by atoms with Gasteiger partial charge in [-0.2, -0.15) is 4.98 Å². The number of nitrogens with one attached hydrogen (secondary N) is 1. The van der Waals surface area contributed by atoms with Crippen molar-refractivity contribution in [1.29, 1.82) is 0 Å². The van der Waals surface area contributed by atoms with E-state index in [-0.39, 0.29) is 17.9 Å². The Morgan fingerprint density at radius 1 is 1.19 bits per heavy atom. The van der Waals surface area contributed by atoms with Gasteiger partial charge >= 0.3 is 0 Å². The van der Waals surface area contributed by atoms with Crippen LogP contribution < -0.4 is 11.1 Å². The molecule has 3 N–H and O–H groups in total. The lowest BCUT2D eigenvalue weighted by Gasteiger charge is -2.29. The highest BCUT2D eigenvalue weighted by atomic mass is 16.5. The number of nitrogens with two attached hydrogens (primary N) is 1. The number of hydrogen-bond acceptors (Lipinski definition) is 5. The SMILES string of the molecule is NC(=O)[C@H]1CCCC[C@@H]1NCc1nc(C2CCCC2)no1. The van der Waals surface area contributed by atoms with E-state index in [9.17, 15) is 4.79 Å². The van der Waals surface area contributed by atoms with Crippen LogP contribution in [0.25, 0.3) is 0 Å². The fourth-order valence-electron chi connectivity index (χ4n) is 3.62. The minimum absolute atomic E-state index is 0.0732. The Morgan fingerprint density at radius 2 is 1.90 bits per heavy atom. The van der Waals surface area contributed by atoms with E-state index < -0.39 is 0 Å². The van der Waals surface area contributed by atoms with E-state index >= 15 is 0 Å². The molecule has 0 saturated heterocycles. The molecular weight excluding hydrogens is 268 g/mol. The van der Waals surface area contributed by atoms with Crippen molar-refractivity contribution in [2.45, 2.75) is 69.9 Å². The Hall–Kier alpha value is -1.43. The van der Waals surface area contributed by atoms with E-state index in [2.05, 4.69) is 15.5 Å². The third-order valence-electron chi connectivity index (χ3n) is 4.85. The number of carbonyl (C=O) groups is 1. The van der Waals surface area contributed by atoms with Gasteiger partial charge < -0.3 is 15.6 Å². The molecule has 3 rings (SSSR count). The second-order valence-electron chi connectivity index (χ2n) is 6.31. The summed E-state index contributed by atoms with van der Waals surface area (Å²) in [5.74, 6) is 1.65. The van der Waals surface area contributed by atoms with E-state index in [0.29, 0.717) is 18.4 Å². The molecule has 1 aromatic heterocycles. The standard InChI is InChI=1S/C15H24N4O2/c16-14(20)11-7-3-4-8-12(11)17-9-13-18-15(19-21-13)10-5-1-2-6-10/h10-12,17H,1-9H2,(H2,16,20)/t11-,12-/m0/s1. The number of carbonyl (C=O) groups excluding carboxylic acids is 1. The molecule has 21 heavy (non-hydrogen) atoms. The topological polar surface area (TPSA) is 94.0 Å². The summed E-state index contributed by atoms with van der Waals surface area (Å²) in [6, 6.07) is 0.137. The molecule has 0 radical (unpaired) electrons. The fourth-order valence-corrected chi connectivity index (χ4v) is 3.62. The summed E-state index contributed by atoms with van der Waals surface area (Å²) in [6.07, 6.45) is 8.93. The maximum absolute atomic E-state index is 11.5. The van der Waals surface area contributed by atoms with Gasteiger partial charge in [-0.05, 0) is 25.7 Å². The summed E-state index contributed by atoms with van der Waals surface area (Å²) in [4.78, 5) is 16.0. The highest BCUT2D eigenvalue weighted by Crippen LogP contribution is 2.32. The lowest BCUT2D eigenvalue weighted by atomic mass is 9.84. The number of rotatable bonds is 5. The summed E-state index contributed by atoms with van der Waals surface area (Å²) in [7, 11) is 0. The number of aromatic nitrogens is 2. The smallest absolute Gasteiger partial charge is 0.240 e. The monoisotopic (exact) mass is 292 g/mol. The van der Waals surface area contributed by atoms with Crippen LogP contribution in [-0.2, 0) is 11.3 Å². The molecule has 0 aromatic carbocycles. The molecule has 6 nitrogen and oxygen atoms in total. The van der Waals surface area contributed by atoms with Crippen LogP contribution in [0, 0.1) is 5.92 Å². The Balaban J connectivity index is 1.55. The quantitative estimate of drug-likeness (QED) is 0.864.